The van der Waals surface area contributed by atoms with E-state index in [1.165, 1.54) is 6.42 Å². The minimum Gasteiger partial charge on any atom is -0.465 e. The number of carbonyl (C=O) groups is 1. The number of nitrogens with zero attached hydrogens (tertiary/aromatic N) is 6. The van der Waals surface area contributed by atoms with Gasteiger partial charge in [-0.05, 0) is 49.4 Å². The van der Waals surface area contributed by atoms with E-state index in [1.54, 1.807) is 24.8 Å². The maximum absolute atomic E-state index is 10.7. The van der Waals surface area contributed by atoms with Gasteiger partial charge >= 0.3 is 6.09 Å². The molecule has 2 aliphatic rings. The van der Waals surface area contributed by atoms with Gasteiger partial charge in [-0.25, -0.2) is 14.8 Å². The highest BCUT2D eigenvalue weighted by molar-refractivity contribution is 5.90. The largest absolute Gasteiger partial charge is 0.465 e. The standard InChI is InChI=1S/C23H27N7O2/c31-22(32)26-10-14-29-11-4-23(16-29)5-12-30(13-6-23)21-18-3-9-25-15-19(18)27-20(28-21)17-1-7-24-8-2-17/h1-3,7-9,15,26H,4-6,10-14,16H2,(H,31,32). The van der Waals surface area contributed by atoms with Gasteiger partial charge in [0, 0.05) is 62.3 Å². The number of fused-ring (bicyclic) bond motifs is 1. The van der Waals surface area contributed by atoms with Crippen molar-refractivity contribution in [3.8, 4) is 11.4 Å². The van der Waals surface area contributed by atoms with Crippen molar-refractivity contribution in [2.45, 2.75) is 19.3 Å². The van der Waals surface area contributed by atoms with Gasteiger partial charge in [0.2, 0.25) is 0 Å². The Morgan fingerprint density at radius 3 is 2.56 bits per heavy atom. The summed E-state index contributed by atoms with van der Waals surface area (Å²) in [5, 5.41) is 12.3. The lowest BCUT2D eigenvalue weighted by Crippen LogP contribution is -2.42. The number of piperidine rings is 1. The van der Waals surface area contributed by atoms with Gasteiger partial charge in [0.05, 0.1) is 11.7 Å². The monoisotopic (exact) mass is 433 g/mol. The number of hydrogen-bond acceptors (Lipinski definition) is 7. The van der Waals surface area contributed by atoms with Crippen LogP contribution in [0.4, 0.5) is 10.6 Å². The summed E-state index contributed by atoms with van der Waals surface area (Å²) in [7, 11) is 0. The van der Waals surface area contributed by atoms with Crippen molar-refractivity contribution in [3.05, 3.63) is 43.0 Å². The van der Waals surface area contributed by atoms with Crippen LogP contribution in [0.5, 0.6) is 0 Å². The summed E-state index contributed by atoms with van der Waals surface area (Å²) in [6.07, 6.45) is 9.55. The van der Waals surface area contributed by atoms with Gasteiger partial charge in [-0.3, -0.25) is 9.97 Å². The van der Waals surface area contributed by atoms with Crippen LogP contribution in [-0.4, -0.2) is 75.3 Å². The van der Waals surface area contributed by atoms with Gasteiger partial charge in [0.1, 0.15) is 5.82 Å². The molecule has 5 rings (SSSR count). The number of amides is 1. The summed E-state index contributed by atoms with van der Waals surface area (Å²) < 4.78 is 0. The number of likely N-dealkylation sites (tertiary alicyclic amines) is 1. The highest BCUT2D eigenvalue weighted by Crippen LogP contribution is 2.41. The van der Waals surface area contributed by atoms with Crippen LogP contribution < -0.4 is 10.2 Å². The topological polar surface area (TPSA) is 107 Å². The molecule has 2 N–H and O–H groups in total. The second-order valence-electron chi connectivity index (χ2n) is 8.74. The van der Waals surface area contributed by atoms with Crippen molar-refractivity contribution in [3.63, 3.8) is 0 Å². The van der Waals surface area contributed by atoms with E-state index in [4.69, 9.17) is 15.1 Å². The van der Waals surface area contributed by atoms with E-state index in [1.807, 2.05) is 18.2 Å². The fraction of sp³-hybridized carbons (Fsp3) is 0.435. The van der Waals surface area contributed by atoms with Gasteiger partial charge in [0.25, 0.3) is 0 Å². The number of carboxylic acid groups (broad SMARTS) is 1. The van der Waals surface area contributed by atoms with Gasteiger partial charge < -0.3 is 20.2 Å². The first kappa shape index (κ1) is 20.6. The third-order valence-corrected chi connectivity index (χ3v) is 6.76. The Hall–Kier alpha value is -3.33. The van der Waals surface area contributed by atoms with Crippen molar-refractivity contribution < 1.29 is 9.90 Å². The van der Waals surface area contributed by atoms with Crippen LogP contribution >= 0.6 is 0 Å². The molecular formula is C23H27N7O2. The zero-order valence-electron chi connectivity index (χ0n) is 17.9. The van der Waals surface area contributed by atoms with E-state index in [9.17, 15) is 4.79 Å². The second kappa shape index (κ2) is 8.66. The summed E-state index contributed by atoms with van der Waals surface area (Å²) in [5.41, 5.74) is 2.11. The zero-order chi connectivity index (χ0) is 22.0. The first-order valence-corrected chi connectivity index (χ1v) is 11.1. The third-order valence-electron chi connectivity index (χ3n) is 6.76. The number of nitrogens with one attached hydrogen (secondary N) is 1. The van der Waals surface area contributed by atoms with Crippen LogP contribution in [-0.2, 0) is 0 Å². The Labute approximate surface area is 186 Å². The Kier molecular flexibility index (Phi) is 5.57. The van der Waals surface area contributed by atoms with E-state index < -0.39 is 6.09 Å². The van der Waals surface area contributed by atoms with Crippen LogP contribution in [0.15, 0.2) is 43.0 Å². The summed E-state index contributed by atoms with van der Waals surface area (Å²) in [6.45, 7) is 5.23. The first-order chi connectivity index (χ1) is 15.6. The Bertz CT molecular complexity index is 1100. The molecule has 0 unspecified atom stereocenters. The number of rotatable bonds is 5. The third kappa shape index (κ3) is 4.20. The lowest BCUT2D eigenvalue weighted by molar-refractivity contribution is 0.188. The number of pyridine rings is 2. The van der Waals surface area contributed by atoms with Gasteiger partial charge in [-0.1, -0.05) is 0 Å². The van der Waals surface area contributed by atoms with Gasteiger partial charge in [0.15, 0.2) is 5.82 Å². The molecule has 3 aromatic rings. The minimum absolute atomic E-state index is 0.318. The smallest absolute Gasteiger partial charge is 0.404 e. The lowest BCUT2D eigenvalue weighted by atomic mass is 9.78. The molecule has 1 amide bonds. The number of hydrogen-bond donors (Lipinski definition) is 2. The molecule has 0 radical (unpaired) electrons. The van der Waals surface area contributed by atoms with Crippen molar-refractivity contribution >= 4 is 22.8 Å². The van der Waals surface area contributed by atoms with Crippen LogP contribution in [0, 0.1) is 5.41 Å². The van der Waals surface area contributed by atoms with E-state index in [-0.39, 0.29) is 0 Å². The normalized spacial score (nSPS) is 18.3. The fourth-order valence-electron chi connectivity index (χ4n) is 4.98. The molecule has 3 aromatic heterocycles. The molecule has 2 aliphatic heterocycles. The predicted octanol–water partition coefficient (Wildman–Crippen LogP) is 2.65. The van der Waals surface area contributed by atoms with Crippen LogP contribution in [0.1, 0.15) is 19.3 Å². The molecule has 1 spiro atoms. The Balaban J connectivity index is 1.33. The number of aromatic nitrogens is 4. The molecule has 0 atom stereocenters. The van der Waals surface area contributed by atoms with Crippen molar-refractivity contribution in [1.82, 2.24) is 30.2 Å². The van der Waals surface area contributed by atoms with Crippen molar-refractivity contribution in [1.29, 1.82) is 0 Å². The summed E-state index contributed by atoms with van der Waals surface area (Å²) in [5.74, 6) is 1.67. The quantitative estimate of drug-likeness (QED) is 0.632. The summed E-state index contributed by atoms with van der Waals surface area (Å²) in [4.78, 5) is 33.5. The maximum Gasteiger partial charge on any atom is 0.404 e. The molecule has 5 heterocycles. The van der Waals surface area contributed by atoms with Crippen LogP contribution in [0.3, 0.4) is 0 Å². The van der Waals surface area contributed by atoms with Crippen molar-refractivity contribution in [2.24, 2.45) is 5.41 Å². The Morgan fingerprint density at radius 2 is 1.78 bits per heavy atom. The van der Waals surface area contributed by atoms with Gasteiger partial charge in [-0.2, -0.15) is 0 Å². The minimum atomic E-state index is -0.953. The molecule has 2 fully saturated rings. The highest BCUT2D eigenvalue weighted by Gasteiger charge is 2.40. The molecule has 0 bridgehead atoms. The van der Waals surface area contributed by atoms with Gasteiger partial charge in [-0.15, -0.1) is 0 Å². The molecule has 0 aliphatic carbocycles. The average molecular weight is 434 g/mol. The molecule has 166 valence electrons. The summed E-state index contributed by atoms with van der Waals surface area (Å²) >= 11 is 0. The molecule has 32 heavy (non-hydrogen) atoms. The van der Waals surface area contributed by atoms with E-state index >= 15 is 0 Å². The fourth-order valence-corrected chi connectivity index (χ4v) is 4.98. The summed E-state index contributed by atoms with van der Waals surface area (Å²) in [6, 6.07) is 5.86. The van der Waals surface area contributed by atoms with E-state index in [0.717, 1.165) is 67.8 Å². The molecular weight excluding hydrogens is 406 g/mol. The Morgan fingerprint density at radius 1 is 1.03 bits per heavy atom. The molecule has 0 aromatic carbocycles. The maximum atomic E-state index is 10.7. The molecule has 9 heteroatoms. The molecule has 2 saturated heterocycles. The second-order valence-corrected chi connectivity index (χ2v) is 8.74. The zero-order valence-corrected chi connectivity index (χ0v) is 17.9. The molecule has 9 nitrogen and oxygen atoms in total. The first-order valence-electron chi connectivity index (χ1n) is 11.1. The lowest BCUT2D eigenvalue weighted by Gasteiger charge is -2.40. The SMILES string of the molecule is O=C(O)NCCN1CCC2(CCN(c3nc(-c4ccncc4)nc4cnccc34)CC2)C1. The highest BCUT2D eigenvalue weighted by atomic mass is 16.4. The average Bonchev–Trinajstić information content (AvgIpc) is 3.21. The van der Waals surface area contributed by atoms with Crippen LogP contribution in [0.2, 0.25) is 0 Å². The van der Waals surface area contributed by atoms with E-state index in [2.05, 4.69) is 25.1 Å². The predicted molar refractivity (Wildman–Crippen MR) is 122 cm³/mol. The van der Waals surface area contributed by atoms with Crippen LogP contribution in [0.25, 0.3) is 22.3 Å². The van der Waals surface area contributed by atoms with Crippen molar-refractivity contribution in [2.75, 3.05) is 44.2 Å². The molecule has 0 saturated carbocycles. The number of anilines is 1. The van der Waals surface area contributed by atoms with E-state index in [0.29, 0.717) is 17.8 Å².